The number of fused-ring (bicyclic) bond motifs is 3. The van der Waals surface area contributed by atoms with Crippen molar-refractivity contribution < 1.29 is 4.39 Å². The molecule has 2 fully saturated rings. The zero-order valence-corrected chi connectivity index (χ0v) is 43.7. The minimum atomic E-state index is -0.193. The van der Waals surface area contributed by atoms with Gasteiger partial charge in [-0.05, 0) is 116 Å². The molecule has 4 aromatic carbocycles. The molecule has 0 aliphatic carbocycles. The number of benzene rings is 4. The zero-order chi connectivity index (χ0) is 50.8. The molecule has 10 rings (SSSR count). The third kappa shape index (κ3) is 10.4. The van der Waals surface area contributed by atoms with E-state index in [1.807, 2.05) is 31.3 Å². The van der Waals surface area contributed by atoms with E-state index in [1.165, 1.54) is 66.3 Å². The summed E-state index contributed by atoms with van der Waals surface area (Å²) in [4.78, 5) is 17.3. The molecule has 0 spiro atoms. The van der Waals surface area contributed by atoms with Crippen molar-refractivity contribution in [3.8, 4) is 11.1 Å². The summed E-state index contributed by atoms with van der Waals surface area (Å²) in [7, 11) is 1.92. The number of halogens is 1. The molecule has 6 heterocycles. The molecule has 3 aliphatic heterocycles. The fourth-order valence-corrected chi connectivity index (χ4v) is 12.3. The first-order valence-corrected chi connectivity index (χ1v) is 27.0. The molecule has 73 heavy (non-hydrogen) atoms. The van der Waals surface area contributed by atoms with Crippen LogP contribution in [0, 0.1) is 12.7 Å². The molecule has 0 bridgehead atoms. The topological polar surface area (TPSA) is 76.5 Å². The Morgan fingerprint density at radius 2 is 1.52 bits per heavy atom. The van der Waals surface area contributed by atoms with Crippen molar-refractivity contribution >= 4 is 73.5 Å². The molecule has 0 radical (unpaired) electrons. The Kier molecular flexibility index (Phi) is 14.7. The summed E-state index contributed by atoms with van der Waals surface area (Å²) in [5.74, 6) is 0.750. The number of para-hydroxylation sites is 1. The van der Waals surface area contributed by atoms with Crippen molar-refractivity contribution in [2.45, 2.75) is 83.7 Å². The summed E-state index contributed by atoms with van der Waals surface area (Å²) in [6.45, 7) is 34.5. The van der Waals surface area contributed by atoms with E-state index in [1.54, 1.807) is 17.4 Å². The molecule has 11 heteroatoms. The first kappa shape index (κ1) is 49.6. The van der Waals surface area contributed by atoms with Crippen LogP contribution in [0.1, 0.15) is 90.9 Å². The Balaban J connectivity index is 0.696. The maximum absolute atomic E-state index is 15.7. The smallest absolute Gasteiger partial charge is 0.188 e. The van der Waals surface area contributed by atoms with Crippen LogP contribution in [-0.4, -0.2) is 65.8 Å². The van der Waals surface area contributed by atoms with Gasteiger partial charge < -0.3 is 30.3 Å². The number of anilines is 3. The molecule has 0 amide bonds. The van der Waals surface area contributed by atoms with Crippen LogP contribution in [0.2, 0.25) is 0 Å². The number of piperazine rings is 1. The highest BCUT2D eigenvalue weighted by Gasteiger charge is 2.27. The molecule has 2 saturated heterocycles. The largest absolute Gasteiger partial charge is 0.387 e. The van der Waals surface area contributed by atoms with Crippen molar-refractivity contribution in [3.63, 3.8) is 0 Å². The Bertz CT molecular complexity index is 3330. The normalized spacial score (nSPS) is 16.2. The number of allylic oxidation sites excluding steroid dienone is 2. The number of nitrogens with zero attached hydrogens (tertiary/aromatic N) is 6. The van der Waals surface area contributed by atoms with Gasteiger partial charge in [0, 0.05) is 96.0 Å². The van der Waals surface area contributed by atoms with Crippen LogP contribution in [0.5, 0.6) is 0 Å². The van der Waals surface area contributed by atoms with Crippen LogP contribution < -0.4 is 36.4 Å². The summed E-state index contributed by atoms with van der Waals surface area (Å²) >= 11 is 1.65. The molecule has 3 N–H and O–H groups in total. The molecule has 1 unspecified atom stereocenters. The molecule has 1 atom stereocenters. The second-order valence-corrected chi connectivity index (χ2v) is 21.2. The third-order valence-corrected chi connectivity index (χ3v) is 16.6. The molecule has 3 aromatic heterocycles. The maximum Gasteiger partial charge on any atom is 0.188 e. The van der Waals surface area contributed by atoms with Crippen molar-refractivity contribution in [1.82, 2.24) is 30.1 Å². The number of thiazole rings is 1. The van der Waals surface area contributed by atoms with Crippen LogP contribution in [0.15, 0.2) is 123 Å². The Morgan fingerprint density at radius 1 is 0.767 bits per heavy atom. The zero-order valence-electron chi connectivity index (χ0n) is 42.9. The van der Waals surface area contributed by atoms with Crippen molar-refractivity contribution in [3.05, 3.63) is 173 Å². The summed E-state index contributed by atoms with van der Waals surface area (Å²) in [6.07, 6.45) is 11.0. The summed E-state index contributed by atoms with van der Waals surface area (Å²) in [6, 6.07) is 29.6. The summed E-state index contributed by atoms with van der Waals surface area (Å²) < 4.78 is 19.0. The van der Waals surface area contributed by atoms with E-state index in [9.17, 15) is 0 Å². The fraction of sp³-hybridized carbons (Fsp3) is 0.323. The van der Waals surface area contributed by atoms with E-state index in [-0.39, 0.29) is 11.9 Å². The van der Waals surface area contributed by atoms with Crippen molar-refractivity contribution in [2.24, 2.45) is 0 Å². The van der Waals surface area contributed by atoms with E-state index < -0.39 is 0 Å². The third-order valence-electron chi connectivity index (χ3n) is 15.6. The lowest BCUT2D eigenvalue weighted by Gasteiger charge is -2.36. The molecule has 376 valence electrons. The number of rotatable bonds is 18. The number of piperidine rings is 1. The van der Waals surface area contributed by atoms with Gasteiger partial charge in [0.2, 0.25) is 0 Å². The SMILES string of the molecule is C=C1CCC(n2c(=C)c3cc(F)c(N4CCN(CCCCCCCCc5cccc(-c6ccc(N7CCc8cccc(C(=C)Nc9nc%10ccccc%10s9)c8C7)nc6C(=C)NC)c5C)CC4)cc3c2=C)C(=C)N1. The lowest BCUT2D eigenvalue weighted by molar-refractivity contribution is 0.251. The van der Waals surface area contributed by atoms with Crippen LogP contribution in [-0.2, 0) is 19.4 Å². The number of unbranched alkanes of at least 4 members (excludes halogenated alkanes) is 5. The predicted octanol–water partition coefficient (Wildman–Crippen LogP) is 12.1. The number of nitrogens with one attached hydrogen (secondary N) is 3. The number of pyridine rings is 1. The van der Waals surface area contributed by atoms with E-state index in [0.717, 1.165) is 154 Å². The highest BCUT2D eigenvalue weighted by Crippen LogP contribution is 2.36. The molecule has 0 saturated carbocycles. The van der Waals surface area contributed by atoms with Gasteiger partial charge >= 0.3 is 0 Å². The standard InChI is InChI=1S/C62H70FN9S/c1-40-26-28-57(43(4)65-40)72-45(6)52-37-55(63)58(38-53(52)46(72)7)70-35-33-69(34-36-70)31-16-12-10-9-11-13-19-47-20-17-22-49(41(47)2)51-27-29-60(68-61(51)44(5)64-8)71-32-30-48-21-18-23-50(54(48)39-71)42(3)66-62-67-56-24-14-15-25-59(56)73-62/h14-15,17-18,20-25,27,29,37-38,57,64-65H,1,3-7,9-13,16,19,26,28,30-36,39H2,2,8H3,(H,66,67). The first-order valence-electron chi connectivity index (χ1n) is 26.2. The van der Waals surface area contributed by atoms with Gasteiger partial charge in [0.05, 0.1) is 33.3 Å². The van der Waals surface area contributed by atoms with Crippen LogP contribution in [0.4, 0.5) is 21.0 Å². The van der Waals surface area contributed by atoms with Gasteiger partial charge in [-0.3, -0.25) is 4.90 Å². The predicted molar refractivity (Wildman–Crippen MR) is 308 cm³/mol. The Labute approximate surface area is 434 Å². The van der Waals surface area contributed by atoms with Gasteiger partial charge in [0.25, 0.3) is 0 Å². The molecule has 9 nitrogen and oxygen atoms in total. The number of aryl methyl sites for hydroxylation is 1. The molecular formula is C62H70FN9S. The second kappa shape index (κ2) is 21.6. The van der Waals surface area contributed by atoms with Crippen LogP contribution >= 0.6 is 11.3 Å². The molecular weight excluding hydrogens is 922 g/mol. The second-order valence-electron chi connectivity index (χ2n) is 20.2. The van der Waals surface area contributed by atoms with Gasteiger partial charge in [-0.15, -0.1) is 0 Å². The molecule has 3 aliphatic rings. The van der Waals surface area contributed by atoms with E-state index in [2.05, 4.69) is 136 Å². The van der Waals surface area contributed by atoms with Gasteiger partial charge in [-0.2, -0.15) is 0 Å². The number of hydrogen-bond donors (Lipinski definition) is 3. The lowest BCUT2D eigenvalue weighted by Crippen LogP contribution is -2.46. The van der Waals surface area contributed by atoms with Crippen LogP contribution in [0.25, 0.3) is 56.7 Å². The monoisotopic (exact) mass is 992 g/mol. The average molecular weight is 992 g/mol. The minimum Gasteiger partial charge on any atom is -0.387 e. The molecule has 7 aromatic rings. The summed E-state index contributed by atoms with van der Waals surface area (Å²) in [5, 5.41) is 14.4. The average Bonchev–Trinajstić information content (AvgIpc) is 3.92. The van der Waals surface area contributed by atoms with Crippen molar-refractivity contribution in [1.29, 1.82) is 0 Å². The van der Waals surface area contributed by atoms with E-state index >= 15 is 4.39 Å². The van der Waals surface area contributed by atoms with Gasteiger partial charge in [-0.25, -0.2) is 14.4 Å². The minimum absolute atomic E-state index is 0.0172. The quantitative estimate of drug-likeness (QED) is 0.0734. The van der Waals surface area contributed by atoms with Gasteiger partial charge in [-0.1, -0.05) is 125 Å². The Hall–Kier alpha value is -6.95. The maximum atomic E-state index is 15.7. The van der Waals surface area contributed by atoms with Gasteiger partial charge in [0.15, 0.2) is 5.13 Å². The van der Waals surface area contributed by atoms with E-state index in [4.69, 9.17) is 9.97 Å². The highest BCUT2D eigenvalue weighted by atomic mass is 32.1. The Morgan fingerprint density at radius 3 is 2.30 bits per heavy atom. The lowest BCUT2D eigenvalue weighted by atomic mass is 9.92. The first-order chi connectivity index (χ1) is 35.4. The summed E-state index contributed by atoms with van der Waals surface area (Å²) in [5.41, 5.74) is 14.8. The van der Waals surface area contributed by atoms with Crippen LogP contribution in [0.3, 0.4) is 0 Å². The highest BCUT2D eigenvalue weighted by molar-refractivity contribution is 7.22. The van der Waals surface area contributed by atoms with Crippen molar-refractivity contribution in [2.75, 3.05) is 61.4 Å². The van der Waals surface area contributed by atoms with Gasteiger partial charge in [0.1, 0.15) is 11.6 Å². The number of aromatic nitrogens is 3. The fourth-order valence-electron chi connectivity index (χ4n) is 11.4. The van der Waals surface area contributed by atoms with E-state index in [0.29, 0.717) is 5.69 Å². The number of hydrogen-bond acceptors (Lipinski definition) is 9.